The first kappa shape index (κ1) is 14.9. The number of amides is 1. The van der Waals surface area contributed by atoms with Crippen LogP contribution in [-0.4, -0.2) is 58.6 Å². The number of aryl methyl sites for hydroxylation is 1. The molecule has 1 aliphatic heterocycles. The molecular weight excluding hydrogens is 284 g/mol. The molecule has 1 aromatic rings. The van der Waals surface area contributed by atoms with Crippen LogP contribution < -0.4 is 5.32 Å². The molecule has 1 aliphatic rings. The monoisotopic (exact) mass is 302 g/mol. The fraction of sp³-hybridized carbons (Fsp3) is 0.727. The molecular formula is C11H18N4O4S. The topological polar surface area (TPSA) is 114 Å². The Morgan fingerprint density at radius 1 is 1.55 bits per heavy atom. The molecule has 0 aliphatic carbocycles. The minimum absolute atomic E-state index is 0.0118. The number of nitrogens with one attached hydrogen (secondary N) is 1. The lowest BCUT2D eigenvalue weighted by molar-refractivity contribution is -0.122. The summed E-state index contributed by atoms with van der Waals surface area (Å²) in [6, 6.07) is -0.301. The smallest absolute Gasteiger partial charge is 0.242 e. The van der Waals surface area contributed by atoms with Gasteiger partial charge in [-0.25, -0.2) is 13.1 Å². The van der Waals surface area contributed by atoms with Gasteiger partial charge in [0.1, 0.15) is 6.54 Å². The van der Waals surface area contributed by atoms with Gasteiger partial charge in [0.2, 0.25) is 5.91 Å². The van der Waals surface area contributed by atoms with E-state index in [0.717, 1.165) is 5.69 Å². The van der Waals surface area contributed by atoms with Gasteiger partial charge in [-0.2, -0.15) is 0 Å². The van der Waals surface area contributed by atoms with Crippen LogP contribution in [0.2, 0.25) is 0 Å². The first-order valence-corrected chi connectivity index (χ1v) is 8.30. The SMILES string of the molecule is O=C(Cn1cc(CCCO)nn1)NC1CCS(=O)(=O)C1. The van der Waals surface area contributed by atoms with Crippen molar-refractivity contribution in [3.05, 3.63) is 11.9 Å². The Balaban J connectivity index is 1.81. The summed E-state index contributed by atoms with van der Waals surface area (Å²) in [7, 11) is -2.99. The molecule has 1 amide bonds. The summed E-state index contributed by atoms with van der Waals surface area (Å²) in [6.45, 7) is 0.103. The number of nitrogens with zero attached hydrogens (tertiary/aromatic N) is 3. The second-order valence-electron chi connectivity index (χ2n) is 4.90. The van der Waals surface area contributed by atoms with Crippen molar-refractivity contribution in [3.63, 3.8) is 0 Å². The number of hydrogen-bond acceptors (Lipinski definition) is 6. The first-order valence-electron chi connectivity index (χ1n) is 6.48. The van der Waals surface area contributed by atoms with Gasteiger partial charge < -0.3 is 10.4 Å². The zero-order valence-corrected chi connectivity index (χ0v) is 11.8. The predicted octanol–water partition coefficient (Wildman–Crippen LogP) is -1.49. The molecule has 1 atom stereocenters. The van der Waals surface area contributed by atoms with E-state index in [2.05, 4.69) is 15.6 Å². The highest BCUT2D eigenvalue weighted by atomic mass is 32.2. The van der Waals surface area contributed by atoms with Crippen LogP contribution >= 0.6 is 0 Å². The van der Waals surface area contributed by atoms with Crippen molar-refractivity contribution in [1.29, 1.82) is 0 Å². The maximum atomic E-state index is 11.8. The summed E-state index contributed by atoms with van der Waals surface area (Å²) >= 11 is 0. The molecule has 8 nitrogen and oxygen atoms in total. The highest BCUT2D eigenvalue weighted by Gasteiger charge is 2.28. The van der Waals surface area contributed by atoms with Crippen LogP contribution in [0.5, 0.6) is 0 Å². The van der Waals surface area contributed by atoms with Crippen LogP contribution in [0, 0.1) is 0 Å². The van der Waals surface area contributed by atoms with Gasteiger partial charge in [-0.1, -0.05) is 5.21 Å². The van der Waals surface area contributed by atoms with Gasteiger partial charge >= 0.3 is 0 Å². The van der Waals surface area contributed by atoms with Crippen LogP contribution in [0.4, 0.5) is 0 Å². The molecule has 0 saturated carbocycles. The average Bonchev–Trinajstić information content (AvgIpc) is 2.93. The molecule has 1 unspecified atom stereocenters. The van der Waals surface area contributed by atoms with Gasteiger partial charge in [0, 0.05) is 18.8 Å². The average molecular weight is 302 g/mol. The van der Waals surface area contributed by atoms with Crippen LogP contribution in [0.3, 0.4) is 0 Å². The molecule has 2 rings (SSSR count). The van der Waals surface area contributed by atoms with Crippen LogP contribution in [-0.2, 0) is 27.6 Å². The lowest BCUT2D eigenvalue weighted by atomic mass is 10.2. The van der Waals surface area contributed by atoms with Gasteiger partial charge in [0.25, 0.3) is 0 Å². The first-order chi connectivity index (χ1) is 9.48. The van der Waals surface area contributed by atoms with E-state index in [1.54, 1.807) is 6.20 Å². The summed E-state index contributed by atoms with van der Waals surface area (Å²) in [5, 5.41) is 19.1. The molecule has 2 heterocycles. The Morgan fingerprint density at radius 2 is 2.35 bits per heavy atom. The molecule has 9 heteroatoms. The maximum Gasteiger partial charge on any atom is 0.242 e. The molecule has 112 valence electrons. The second-order valence-corrected chi connectivity index (χ2v) is 7.13. The van der Waals surface area contributed by atoms with E-state index in [1.807, 2.05) is 0 Å². The Morgan fingerprint density at radius 3 is 3.00 bits per heavy atom. The van der Waals surface area contributed by atoms with Crippen molar-refractivity contribution < 1.29 is 18.3 Å². The van der Waals surface area contributed by atoms with Crippen molar-refractivity contribution in [2.75, 3.05) is 18.1 Å². The molecule has 0 spiro atoms. The normalized spacial score (nSPS) is 20.9. The number of aliphatic hydroxyl groups excluding tert-OH is 1. The van der Waals surface area contributed by atoms with Gasteiger partial charge in [-0.3, -0.25) is 4.79 Å². The van der Waals surface area contributed by atoms with Gasteiger partial charge in [0.05, 0.1) is 17.2 Å². The van der Waals surface area contributed by atoms with E-state index in [-0.39, 0.29) is 36.6 Å². The van der Waals surface area contributed by atoms with Crippen LogP contribution in [0.15, 0.2) is 6.20 Å². The zero-order chi connectivity index (χ0) is 14.6. The largest absolute Gasteiger partial charge is 0.396 e. The van der Waals surface area contributed by atoms with Crippen molar-refractivity contribution in [2.24, 2.45) is 0 Å². The summed E-state index contributed by atoms with van der Waals surface area (Å²) in [5.74, 6) is -0.129. The van der Waals surface area contributed by atoms with E-state index in [9.17, 15) is 13.2 Å². The fourth-order valence-corrected chi connectivity index (χ4v) is 3.79. The highest BCUT2D eigenvalue weighted by molar-refractivity contribution is 7.91. The summed E-state index contributed by atoms with van der Waals surface area (Å²) < 4.78 is 24.0. The molecule has 1 saturated heterocycles. The summed E-state index contributed by atoms with van der Waals surface area (Å²) in [5.41, 5.74) is 0.718. The number of carbonyl (C=O) groups excluding carboxylic acids is 1. The standard InChI is InChI=1S/C11H18N4O4S/c16-4-1-2-9-6-15(14-13-9)7-11(17)12-10-3-5-20(18,19)8-10/h6,10,16H,1-5,7-8H2,(H,12,17). The highest BCUT2D eigenvalue weighted by Crippen LogP contribution is 2.11. The lowest BCUT2D eigenvalue weighted by Gasteiger charge is -2.10. The molecule has 1 aromatic heterocycles. The third-order valence-corrected chi connectivity index (χ3v) is 4.85. The van der Waals surface area contributed by atoms with Gasteiger partial charge in [-0.15, -0.1) is 5.10 Å². The van der Waals surface area contributed by atoms with E-state index in [0.29, 0.717) is 19.3 Å². The van der Waals surface area contributed by atoms with Crippen LogP contribution in [0.1, 0.15) is 18.5 Å². The Kier molecular flexibility index (Phi) is 4.71. The zero-order valence-electron chi connectivity index (χ0n) is 11.0. The summed E-state index contributed by atoms with van der Waals surface area (Å²) in [6.07, 6.45) is 3.33. The van der Waals surface area contributed by atoms with E-state index in [4.69, 9.17) is 5.11 Å². The molecule has 1 fully saturated rings. The summed E-state index contributed by atoms with van der Waals surface area (Å²) in [4.78, 5) is 11.8. The number of aliphatic hydroxyl groups is 1. The number of rotatable bonds is 6. The van der Waals surface area contributed by atoms with Gasteiger partial charge in [0.15, 0.2) is 9.84 Å². The molecule has 2 N–H and O–H groups in total. The van der Waals surface area contributed by atoms with Crippen molar-refractivity contribution in [2.45, 2.75) is 31.8 Å². The minimum Gasteiger partial charge on any atom is -0.396 e. The van der Waals surface area contributed by atoms with E-state index >= 15 is 0 Å². The van der Waals surface area contributed by atoms with E-state index < -0.39 is 9.84 Å². The quantitative estimate of drug-likeness (QED) is 0.661. The van der Waals surface area contributed by atoms with Crippen molar-refractivity contribution in [1.82, 2.24) is 20.3 Å². The Labute approximate surface area is 117 Å². The van der Waals surface area contributed by atoms with Crippen molar-refractivity contribution >= 4 is 15.7 Å². The molecule has 0 radical (unpaired) electrons. The second kappa shape index (κ2) is 6.31. The number of aromatic nitrogens is 3. The van der Waals surface area contributed by atoms with Gasteiger partial charge in [-0.05, 0) is 19.3 Å². The number of carbonyl (C=O) groups is 1. The number of hydrogen-bond donors (Lipinski definition) is 2. The third kappa shape index (κ3) is 4.27. The number of sulfone groups is 1. The fourth-order valence-electron chi connectivity index (χ4n) is 2.12. The maximum absolute atomic E-state index is 11.8. The lowest BCUT2D eigenvalue weighted by Crippen LogP contribution is -2.37. The van der Waals surface area contributed by atoms with E-state index in [1.165, 1.54) is 4.68 Å². The van der Waals surface area contributed by atoms with Crippen LogP contribution in [0.25, 0.3) is 0 Å². The molecule has 0 bridgehead atoms. The third-order valence-electron chi connectivity index (χ3n) is 3.08. The Hall–Kier alpha value is -1.48. The predicted molar refractivity (Wildman–Crippen MR) is 70.6 cm³/mol. The van der Waals surface area contributed by atoms with Crippen molar-refractivity contribution in [3.8, 4) is 0 Å². The molecule has 20 heavy (non-hydrogen) atoms. The Bertz CT molecular complexity index is 569. The molecule has 0 aromatic carbocycles. The minimum atomic E-state index is -2.99.